The van der Waals surface area contributed by atoms with Crippen molar-refractivity contribution in [2.75, 3.05) is 13.7 Å². The fourth-order valence-electron chi connectivity index (χ4n) is 1.01. The third-order valence-corrected chi connectivity index (χ3v) is 2.72. The Labute approximate surface area is 64.4 Å². The summed E-state index contributed by atoms with van der Waals surface area (Å²) in [6, 6.07) is 0. The lowest BCUT2D eigenvalue weighted by Crippen LogP contribution is -2.45. The van der Waals surface area contributed by atoms with Crippen LogP contribution in [0, 0.1) is 0 Å². The molecular weight excluding hydrogens is 124 g/mol. The maximum Gasteiger partial charge on any atom is 0.0457 e. The number of nitrogens with two attached hydrogens (primary N) is 1. The van der Waals surface area contributed by atoms with Crippen molar-refractivity contribution in [2.45, 2.75) is 39.2 Å². The number of hydrogen-bond acceptors (Lipinski definition) is 2. The first-order valence-electron chi connectivity index (χ1n) is 4.02. The van der Waals surface area contributed by atoms with Gasteiger partial charge >= 0.3 is 0 Å². The van der Waals surface area contributed by atoms with E-state index in [1.54, 1.807) is 0 Å². The molecule has 0 atom stereocenters. The predicted molar refractivity (Wildman–Crippen MR) is 45.8 cm³/mol. The highest BCUT2D eigenvalue weighted by Crippen LogP contribution is 2.19. The quantitative estimate of drug-likeness (QED) is 0.604. The second-order valence-electron chi connectivity index (χ2n) is 3.08. The first kappa shape index (κ1) is 9.92. The van der Waals surface area contributed by atoms with Crippen LogP contribution in [0.5, 0.6) is 0 Å². The lowest BCUT2D eigenvalue weighted by Gasteiger charge is -2.36. The zero-order valence-electron chi connectivity index (χ0n) is 7.65. The lowest BCUT2D eigenvalue weighted by atomic mass is 9.94. The van der Waals surface area contributed by atoms with Gasteiger partial charge < -0.3 is 5.73 Å². The van der Waals surface area contributed by atoms with Gasteiger partial charge in [-0.05, 0) is 26.8 Å². The van der Waals surface area contributed by atoms with Crippen molar-refractivity contribution in [1.29, 1.82) is 0 Å². The summed E-state index contributed by atoms with van der Waals surface area (Å²) in [5, 5.41) is 0. The van der Waals surface area contributed by atoms with Gasteiger partial charge in [0.1, 0.15) is 0 Å². The predicted octanol–water partition coefficient (Wildman–Crippen LogP) is 1.41. The van der Waals surface area contributed by atoms with Crippen molar-refractivity contribution in [2.24, 2.45) is 5.73 Å². The van der Waals surface area contributed by atoms with Gasteiger partial charge in [0.2, 0.25) is 0 Å². The molecule has 0 aliphatic rings. The molecule has 0 aromatic carbocycles. The Morgan fingerprint density at radius 1 is 1.30 bits per heavy atom. The van der Waals surface area contributed by atoms with Crippen LogP contribution in [0.25, 0.3) is 0 Å². The lowest BCUT2D eigenvalue weighted by molar-refractivity contribution is 0.130. The Bertz CT molecular complexity index is 87.3. The van der Waals surface area contributed by atoms with Crippen molar-refractivity contribution >= 4 is 0 Å². The van der Waals surface area contributed by atoms with E-state index in [-0.39, 0.29) is 0 Å². The van der Waals surface area contributed by atoms with Gasteiger partial charge in [-0.15, -0.1) is 0 Å². The molecule has 0 fully saturated rings. The topological polar surface area (TPSA) is 29.3 Å². The van der Waals surface area contributed by atoms with Crippen LogP contribution in [0.4, 0.5) is 0 Å². The first-order valence-corrected chi connectivity index (χ1v) is 4.02. The van der Waals surface area contributed by atoms with E-state index in [1.807, 2.05) is 0 Å². The Kier molecular flexibility index (Phi) is 3.91. The summed E-state index contributed by atoms with van der Waals surface area (Å²) in [6.07, 6.45) is 2.33. The molecule has 0 aromatic rings. The van der Waals surface area contributed by atoms with Gasteiger partial charge in [0.05, 0.1) is 0 Å². The first-order chi connectivity index (χ1) is 4.60. The van der Waals surface area contributed by atoms with Crippen molar-refractivity contribution < 1.29 is 0 Å². The smallest absolute Gasteiger partial charge is 0.0457 e. The van der Waals surface area contributed by atoms with Gasteiger partial charge in [-0.2, -0.15) is 0 Å². The third kappa shape index (κ3) is 1.96. The van der Waals surface area contributed by atoms with Crippen molar-refractivity contribution in [3.63, 3.8) is 0 Å². The molecule has 0 saturated heterocycles. The number of rotatable bonds is 4. The largest absolute Gasteiger partial charge is 0.318 e. The molecule has 0 aliphatic heterocycles. The molecule has 0 rings (SSSR count). The fourth-order valence-corrected chi connectivity index (χ4v) is 1.01. The van der Waals surface area contributed by atoms with Crippen LogP contribution in [0.1, 0.15) is 33.6 Å². The van der Waals surface area contributed by atoms with Gasteiger partial charge in [-0.1, -0.05) is 13.8 Å². The zero-order chi connectivity index (χ0) is 8.20. The zero-order valence-corrected chi connectivity index (χ0v) is 7.65. The molecule has 0 amide bonds. The highest BCUT2D eigenvalue weighted by Gasteiger charge is 2.23. The maximum absolute atomic E-state index is 5.54. The number of nitrogens with zero attached hydrogens (tertiary/aromatic N) is 1. The Balaban J connectivity index is 4.02. The Hall–Kier alpha value is -0.0800. The molecule has 0 aliphatic carbocycles. The molecule has 0 saturated carbocycles. The molecule has 0 bridgehead atoms. The molecule has 0 radical (unpaired) electrons. The summed E-state index contributed by atoms with van der Waals surface area (Å²) in [5.74, 6) is 0. The van der Waals surface area contributed by atoms with E-state index in [2.05, 4.69) is 32.7 Å². The SMILES string of the molecule is CCC(C)(CC)N(C)CN. The minimum absolute atomic E-state index is 0.300. The normalized spacial score (nSPS) is 12.6. The van der Waals surface area contributed by atoms with E-state index in [0.29, 0.717) is 12.2 Å². The van der Waals surface area contributed by atoms with Gasteiger partial charge in [0.25, 0.3) is 0 Å². The van der Waals surface area contributed by atoms with Crippen LogP contribution in [-0.2, 0) is 0 Å². The molecular formula is C8H20N2. The minimum atomic E-state index is 0.300. The van der Waals surface area contributed by atoms with Gasteiger partial charge in [0, 0.05) is 12.2 Å². The van der Waals surface area contributed by atoms with Crippen LogP contribution in [0.3, 0.4) is 0 Å². The molecule has 0 unspecified atom stereocenters. The second-order valence-corrected chi connectivity index (χ2v) is 3.08. The van der Waals surface area contributed by atoms with E-state index in [1.165, 1.54) is 0 Å². The second kappa shape index (κ2) is 3.94. The highest BCUT2D eigenvalue weighted by molar-refractivity contribution is 4.79. The molecule has 2 nitrogen and oxygen atoms in total. The summed E-state index contributed by atoms with van der Waals surface area (Å²) in [6.45, 7) is 7.31. The van der Waals surface area contributed by atoms with Crippen LogP contribution >= 0.6 is 0 Å². The minimum Gasteiger partial charge on any atom is -0.318 e. The van der Waals surface area contributed by atoms with Crippen LogP contribution < -0.4 is 5.73 Å². The van der Waals surface area contributed by atoms with E-state index in [4.69, 9.17) is 5.73 Å². The summed E-state index contributed by atoms with van der Waals surface area (Å²) >= 11 is 0. The highest BCUT2D eigenvalue weighted by atomic mass is 15.2. The van der Waals surface area contributed by atoms with Crippen LogP contribution in [0.15, 0.2) is 0 Å². The van der Waals surface area contributed by atoms with Crippen molar-refractivity contribution in [3.05, 3.63) is 0 Å². The van der Waals surface area contributed by atoms with E-state index in [9.17, 15) is 0 Å². The average molecular weight is 144 g/mol. The fraction of sp³-hybridized carbons (Fsp3) is 1.00. The van der Waals surface area contributed by atoms with E-state index >= 15 is 0 Å². The third-order valence-electron chi connectivity index (χ3n) is 2.72. The average Bonchev–Trinajstić information content (AvgIpc) is 2.01. The van der Waals surface area contributed by atoms with Crippen LogP contribution in [0.2, 0.25) is 0 Å². The van der Waals surface area contributed by atoms with Gasteiger partial charge in [-0.25, -0.2) is 0 Å². The van der Waals surface area contributed by atoms with Crippen molar-refractivity contribution in [1.82, 2.24) is 4.90 Å². The summed E-state index contributed by atoms with van der Waals surface area (Å²) in [4.78, 5) is 2.20. The monoisotopic (exact) mass is 144 g/mol. The van der Waals surface area contributed by atoms with Gasteiger partial charge in [0.15, 0.2) is 0 Å². The molecule has 0 spiro atoms. The Morgan fingerprint density at radius 2 is 1.70 bits per heavy atom. The maximum atomic E-state index is 5.54. The van der Waals surface area contributed by atoms with E-state index in [0.717, 1.165) is 12.8 Å². The Morgan fingerprint density at radius 3 is 1.80 bits per heavy atom. The van der Waals surface area contributed by atoms with E-state index < -0.39 is 0 Å². The standard InChI is InChI=1S/C8H20N2/c1-5-8(3,6-2)10(4)7-9/h5-7,9H2,1-4H3. The summed E-state index contributed by atoms with van der Waals surface area (Å²) < 4.78 is 0. The molecule has 2 N–H and O–H groups in total. The molecule has 62 valence electrons. The molecule has 0 aromatic heterocycles. The molecule has 0 heterocycles. The summed E-state index contributed by atoms with van der Waals surface area (Å²) in [5.41, 5.74) is 5.84. The van der Waals surface area contributed by atoms with Crippen LogP contribution in [-0.4, -0.2) is 24.2 Å². The molecule has 2 heteroatoms. The summed E-state index contributed by atoms with van der Waals surface area (Å²) in [7, 11) is 2.08. The van der Waals surface area contributed by atoms with Crippen molar-refractivity contribution in [3.8, 4) is 0 Å². The molecule has 10 heavy (non-hydrogen) atoms. The van der Waals surface area contributed by atoms with Gasteiger partial charge in [-0.3, -0.25) is 4.90 Å². The number of hydrogen-bond donors (Lipinski definition) is 1.